The van der Waals surface area contributed by atoms with Gasteiger partial charge in [-0.3, -0.25) is 0 Å². The summed E-state index contributed by atoms with van der Waals surface area (Å²) in [5.74, 6) is 6.93. The van der Waals surface area contributed by atoms with Gasteiger partial charge in [0.25, 0.3) is 0 Å². The van der Waals surface area contributed by atoms with Gasteiger partial charge in [-0.25, -0.2) is 0 Å². The molecule has 0 aromatic carbocycles. The van der Waals surface area contributed by atoms with Crippen LogP contribution >= 0.6 is 0 Å². The van der Waals surface area contributed by atoms with Crippen LogP contribution in [0.5, 0.6) is 0 Å². The fourth-order valence-electron chi connectivity index (χ4n) is 0.777. The maximum atomic E-state index is 5.52. The molecule has 0 aromatic rings. The van der Waals surface area contributed by atoms with Gasteiger partial charge in [0.15, 0.2) is 0 Å². The minimum atomic E-state index is -1.73. The van der Waals surface area contributed by atoms with Crippen LogP contribution in [0.15, 0.2) is 23.3 Å². The van der Waals surface area contributed by atoms with E-state index in [2.05, 4.69) is 23.8 Å². The van der Waals surface area contributed by atoms with E-state index in [1.54, 1.807) is 0 Å². The van der Waals surface area contributed by atoms with E-state index < -0.39 is 13.3 Å². The quantitative estimate of drug-likeness (QED) is 0.397. The van der Waals surface area contributed by atoms with Crippen molar-refractivity contribution in [2.75, 3.05) is 6.61 Å². The SMILES string of the molecule is C=C/C=[C](/OCC)[Ge]([CH3])([CH3])[CH3]. The van der Waals surface area contributed by atoms with Gasteiger partial charge in [-0.2, -0.15) is 0 Å². The van der Waals surface area contributed by atoms with E-state index in [1.165, 1.54) is 4.59 Å². The van der Waals surface area contributed by atoms with Gasteiger partial charge in [-0.15, -0.1) is 0 Å². The fraction of sp³-hybridized carbons (Fsp3) is 0.556. The number of hydrogen-bond acceptors (Lipinski definition) is 1. The van der Waals surface area contributed by atoms with Gasteiger partial charge >= 0.3 is 72.1 Å². The van der Waals surface area contributed by atoms with Crippen LogP contribution in [-0.4, -0.2) is 19.9 Å². The molecule has 0 spiro atoms. The first-order chi connectivity index (χ1) is 5.02. The molecule has 0 aliphatic carbocycles. The monoisotopic (exact) mass is 216 g/mol. The number of hydrogen-bond donors (Lipinski definition) is 0. The number of allylic oxidation sites excluding steroid dienone is 2. The van der Waals surface area contributed by atoms with E-state index in [0.717, 1.165) is 6.61 Å². The van der Waals surface area contributed by atoms with Gasteiger partial charge in [-0.1, -0.05) is 0 Å². The molecule has 1 nitrogen and oxygen atoms in total. The first kappa shape index (κ1) is 10.8. The zero-order chi connectivity index (χ0) is 8.91. The zero-order valence-electron chi connectivity index (χ0n) is 7.98. The molecule has 11 heavy (non-hydrogen) atoms. The van der Waals surface area contributed by atoms with Crippen LogP contribution in [0.25, 0.3) is 0 Å². The third-order valence-electron chi connectivity index (χ3n) is 1.31. The first-order valence-corrected chi connectivity index (χ1v) is 11.3. The Bertz CT molecular complexity index is 153. The summed E-state index contributed by atoms with van der Waals surface area (Å²) in [6, 6.07) is 0. The molecule has 0 heterocycles. The Kier molecular flexibility index (Phi) is 4.58. The number of ether oxygens (including phenoxy) is 1. The van der Waals surface area contributed by atoms with E-state index in [1.807, 2.05) is 19.1 Å². The van der Waals surface area contributed by atoms with Crippen molar-refractivity contribution in [3.63, 3.8) is 0 Å². The fourth-order valence-corrected chi connectivity index (χ4v) is 3.28. The molecule has 0 rings (SSSR count). The van der Waals surface area contributed by atoms with Crippen LogP contribution in [0.3, 0.4) is 0 Å². The van der Waals surface area contributed by atoms with Crippen LogP contribution in [0.1, 0.15) is 6.92 Å². The molecule has 0 saturated heterocycles. The van der Waals surface area contributed by atoms with Gasteiger partial charge in [0.2, 0.25) is 0 Å². The van der Waals surface area contributed by atoms with Crippen molar-refractivity contribution in [1.82, 2.24) is 0 Å². The minimum absolute atomic E-state index is 0.766. The summed E-state index contributed by atoms with van der Waals surface area (Å²) in [4.78, 5) is 0. The van der Waals surface area contributed by atoms with Crippen LogP contribution in [0.2, 0.25) is 17.3 Å². The third kappa shape index (κ3) is 4.30. The second-order valence-corrected chi connectivity index (χ2v) is 13.9. The van der Waals surface area contributed by atoms with E-state index in [4.69, 9.17) is 4.74 Å². The Morgan fingerprint density at radius 2 is 2.00 bits per heavy atom. The maximum absolute atomic E-state index is 5.52. The third-order valence-corrected chi connectivity index (χ3v) is 5.06. The molecule has 0 unspecified atom stereocenters. The molecular formula is C9H18GeO. The summed E-state index contributed by atoms with van der Waals surface area (Å²) in [5.41, 5.74) is 0. The molecular weight excluding hydrogens is 197 g/mol. The average Bonchev–Trinajstić information content (AvgIpc) is 1.85. The first-order valence-electron chi connectivity index (χ1n) is 3.98. The molecule has 0 fully saturated rings. The van der Waals surface area contributed by atoms with Crippen molar-refractivity contribution in [3.8, 4) is 0 Å². The summed E-state index contributed by atoms with van der Waals surface area (Å²) in [5, 5.41) is 0. The van der Waals surface area contributed by atoms with Crippen LogP contribution < -0.4 is 0 Å². The molecule has 0 amide bonds. The predicted octanol–water partition coefficient (Wildman–Crippen LogP) is 2.97. The molecule has 0 radical (unpaired) electrons. The van der Waals surface area contributed by atoms with Gasteiger partial charge in [0.1, 0.15) is 0 Å². The van der Waals surface area contributed by atoms with Crippen molar-refractivity contribution in [2.45, 2.75) is 24.2 Å². The Morgan fingerprint density at radius 3 is 2.27 bits per heavy atom. The normalized spacial score (nSPS) is 12.9. The van der Waals surface area contributed by atoms with Crippen LogP contribution in [0, 0.1) is 0 Å². The molecule has 0 bridgehead atoms. The Hall–Kier alpha value is -0.177. The molecule has 64 valence electrons. The molecule has 0 N–H and O–H groups in total. The molecule has 0 saturated carbocycles. The van der Waals surface area contributed by atoms with Gasteiger partial charge in [0.05, 0.1) is 0 Å². The molecule has 0 aliphatic heterocycles. The molecule has 0 aromatic heterocycles. The zero-order valence-corrected chi connectivity index (χ0v) is 10.1. The van der Waals surface area contributed by atoms with Crippen LogP contribution in [-0.2, 0) is 4.74 Å². The molecule has 2 heteroatoms. The van der Waals surface area contributed by atoms with E-state index in [-0.39, 0.29) is 0 Å². The molecule has 0 atom stereocenters. The second-order valence-electron chi connectivity index (χ2n) is 3.45. The van der Waals surface area contributed by atoms with Crippen LogP contribution in [0.4, 0.5) is 0 Å². The van der Waals surface area contributed by atoms with Gasteiger partial charge in [-0.05, 0) is 0 Å². The summed E-state index contributed by atoms with van der Waals surface area (Å²) in [6.07, 6.45) is 3.81. The summed E-state index contributed by atoms with van der Waals surface area (Å²) >= 11 is -1.73. The van der Waals surface area contributed by atoms with Crippen molar-refractivity contribution < 1.29 is 4.74 Å². The van der Waals surface area contributed by atoms with Gasteiger partial charge < -0.3 is 0 Å². The van der Waals surface area contributed by atoms with Crippen molar-refractivity contribution in [3.05, 3.63) is 23.3 Å². The van der Waals surface area contributed by atoms with E-state index in [0.29, 0.717) is 0 Å². The topological polar surface area (TPSA) is 9.23 Å². The summed E-state index contributed by atoms with van der Waals surface area (Å²) < 4.78 is 6.70. The Morgan fingerprint density at radius 1 is 1.45 bits per heavy atom. The summed E-state index contributed by atoms with van der Waals surface area (Å²) in [6.45, 7) is 6.45. The van der Waals surface area contributed by atoms with Crippen molar-refractivity contribution >= 4 is 13.3 Å². The van der Waals surface area contributed by atoms with E-state index in [9.17, 15) is 0 Å². The second kappa shape index (κ2) is 4.65. The van der Waals surface area contributed by atoms with Gasteiger partial charge in [0, 0.05) is 0 Å². The van der Waals surface area contributed by atoms with E-state index >= 15 is 0 Å². The Labute approximate surface area is 72.5 Å². The average molecular weight is 215 g/mol. The molecule has 0 aliphatic rings. The van der Waals surface area contributed by atoms with Crippen molar-refractivity contribution in [2.24, 2.45) is 0 Å². The Balaban J connectivity index is 4.34. The summed E-state index contributed by atoms with van der Waals surface area (Å²) in [7, 11) is 0. The number of rotatable bonds is 4. The predicted molar refractivity (Wildman–Crippen MR) is 53.3 cm³/mol. The standard InChI is InChI=1S/C9H18GeO/c1-6-8-9(11-7-2)10(3,4)5/h6,8H,1,7H2,2-5H3/b9-8+. The van der Waals surface area contributed by atoms with Crippen molar-refractivity contribution in [1.29, 1.82) is 0 Å².